The zero-order chi connectivity index (χ0) is 13.7. The molecule has 1 unspecified atom stereocenters. The Kier molecular flexibility index (Phi) is 4.81. The molecule has 0 radical (unpaired) electrons. The van der Waals surface area contributed by atoms with Crippen molar-refractivity contribution in [3.8, 4) is 17.2 Å². The molecule has 1 rings (SSSR count). The third-order valence-corrected chi connectivity index (χ3v) is 1.90. The zero-order valence-corrected chi connectivity index (χ0v) is 10.3. The van der Waals surface area contributed by atoms with Crippen molar-refractivity contribution in [3.05, 3.63) is 18.2 Å². The van der Waals surface area contributed by atoms with Crippen LogP contribution >= 0.6 is 0 Å². The number of hydrogen-bond donors (Lipinski definition) is 0. The molecule has 0 N–H and O–H groups in total. The Morgan fingerprint density at radius 3 is 2.22 bits per heavy atom. The van der Waals surface area contributed by atoms with Crippen LogP contribution in [0.5, 0.6) is 17.2 Å². The summed E-state index contributed by atoms with van der Waals surface area (Å²) in [4.78, 5) is 21.5. The second-order valence-electron chi connectivity index (χ2n) is 3.08. The van der Waals surface area contributed by atoms with Gasteiger partial charge in [-0.1, -0.05) is 0 Å². The largest absolute Gasteiger partial charge is 0.740 e. The average Bonchev–Trinajstić information content (AvgIpc) is 2.19. The molecule has 0 bridgehead atoms. The lowest BCUT2D eigenvalue weighted by atomic mass is 10.3. The van der Waals surface area contributed by atoms with Crippen LogP contribution in [0.4, 0.5) is 0 Å². The molecule has 0 amide bonds. The van der Waals surface area contributed by atoms with Crippen LogP contribution in [0.1, 0.15) is 13.8 Å². The first-order valence-corrected chi connectivity index (χ1v) is 5.67. The lowest BCUT2D eigenvalue weighted by molar-refractivity contribution is -0.133. The highest BCUT2D eigenvalue weighted by Gasteiger charge is 2.11. The van der Waals surface area contributed by atoms with Crippen LogP contribution in [-0.4, -0.2) is 20.7 Å². The van der Waals surface area contributed by atoms with Gasteiger partial charge >= 0.3 is 11.9 Å². The third-order valence-electron chi connectivity index (χ3n) is 1.59. The normalized spacial score (nSPS) is 11.5. The van der Waals surface area contributed by atoms with E-state index >= 15 is 0 Å². The summed E-state index contributed by atoms with van der Waals surface area (Å²) in [5, 5.41) is 0. The first kappa shape index (κ1) is 14.1. The highest BCUT2D eigenvalue weighted by molar-refractivity contribution is 7.74. The van der Waals surface area contributed by atoms with Gasteiger partial charge in [0.2, 0.25) is 0 Å². The Bertz CT molecular complexity index is 497. The lowest BCUT2D eigenvalue weighted by Crippen LogP contribution is -2.07. The quantitative estimate of drug-likeness (QED) is 0.452. The van der Waals surface area contributed by atoms with E-state index in [1.165, 1.54) is 19.1 Å². The molecule has 1 aromatic rings. The van der Waals surface area contributed by atoms with Crippen LogP contribution in [0.15, 0.2) is 18.2 Å². The van der Waals surface area contributed by atoms with Crippen molar-refractivity contribution in [2.24, 2.45) is 0 Å². The van der Waals surface area contributed by atoms with Crippen molar-refractivity contribution < 1.29 is 32.0 Å². The summed E-state index contributed by atoms with van der Waals surface area (Å²) in [6, 6.07) is 3.71. The molecular weight excluding hydrogens is 264 g/mol. The number of esters is 2. The minimum absolute atomic E-state index is 0.0684. The Hall–Kier alpha value is -1.93. The molecule has 0 spiro atoms. The Balaban J connectivity index is 3.06. The van der Waals surface area contributed by atoms with E-state index in [9.17, 15) is 18.4 Å². The van der Waals surface area contributed by atoms with Gasteiger partial charge in [0.15, 0.2) is 11.5 Å². The Morgan fingerprint density at radius 2 is 1.72 bits per heavy atom. The number of carbonyl (C=O) groups excluding carboxylic acids is 2. The minimum atomic E-state index is -2.84. The SMILES string of the molecule is CC(=O)Oc1ccc(OC(C)=O)c(OS(=O)[O-])c1. The summed E-state index contributed by atoms with van der Waals surface area (Å²) in [6.07, 6.45) is 0. The van der Waals surface area contributed by atoms with Crippen molar-refractivity contribution >= 4 is 23.3 Å². The predicted molar refractivity (Wildman–Crippen MR) is 58.6 cm³/mol. The first-order valence-electron chi connectivity index (χ1n) is 4.67. The van der Waals surface area contributed by atoms with Crippen LogP contribution in [0.3, 0.4) is 0 Å². The smallest absolute Gasteiger partial charge is 0.308 e. The Morgan fingerprint density at radius 1 is 1.11 bits per heavy atom. The first-order chi connectivity index (χ1) is 8.38. The summed E-state index contributed by atoms with van der Waals surface area (Å²) >= 11 is -2.84. The molecule has 1 aromatic carbocycles. The number of benzene rings is 1. The van der Waals surface area contributed by atoms with Gasteiger partial charge in [0.05, 0.1) is 0 Å². The van der Waals surface area contributed by atoms with Gasteiger partial charge in [-0.3, -0.25) is 9.59 Å². The van der Waals surface area contributed by atoms with Crippen molar-refractivity contribution in [3.63, 3.8) is 0 Å². The monoisotopic (exact) mass is 273 g/mol. The minimum Gasteiger partial charge on any atom is -0.740 e. The highest BCUT2D eigenvalue weighted by atomic mass is 32.2. The summed E-state index contributed by atoms with van der Waals surface area (Å²) in [7, 11) is 0. The van der Waals surface area contributed by atoms with Crippen molar-refractivity contribution in [1.29, 1.82) is 0 Å². The molecule has 0 saturated carbocycles. The molecule has 0 aromatic heterocycles. The number of hydrogen-bond acceptors (Lipinski definition) is 7. The van der Waals surface area contributed by atoms with E-state index in [0.717, 1.165) is 13.0 Å². The topological polar surface area (TPSA) is 102 Å². The molecule has 98 valence electrons. The van der Waals surface area contributed by atoms with Gasteiger partial charge < -0.3 is 18.2 Å². The van der Waals surface area contributed by atoms with Gasteiger partial charge in [0, 0.05) is 19.9 Å². The van der Waals surface area contributed by atoms with E-state index in [1.807, 2.05) is 0 Å². The molecule has 1 atom stereocenters. The highest BCUT2D eigenvalue weighted by Crippen LogP contribution is 2.32. The van der Waals surface area contributed by atoms with Gasteiger partial charge in [-0.25, -0.2) is 4.21 Å². The van der Waals surface area contributed by atoms with E-state index in [0.29, 0.717) is 0 Å². The molecule has 8 heteroatoms. The molecule has 0 aliphatic heterocycles. The van der Waals surface area contributed by atoms with E-state index in [4.69, 9.17) is 9.47 Å². The molecular formula is C10H9O7S-. The van der Waals surface area contributed by atoms with Crippen molar-refractivity contribution in [2.75, 3.05) is 0 Å². The predicted octanol–water partition coefficient (Wildman–Crippen LogP) is 0.710. The van der Waals surface area contributed by atoms with Gasteiger partial charge in [-0.15, -0.1) is 0 Å². The average molecular weight is 273 g/mol. The standard InChI is InChI=1S/C10H10O7S/c1-6(11)15-8-3-4-9(16-7(2)12)10(5-8)17-18(13)14/h3-5H,1-2H3,(H,13,14)/p-1. The van der Waals surface area contributed by atoms with Crippen LogP contribution in [0, 0.1) is 0 Å². The second kappa shape index (κ2) is 6.12. The van der Waals surface area contributed by atoms with Crippen LogP contribution in [0.25, 0.3) is 0 Å². The molecule has 0 aliphatic carbocycles. The molecule has 0 heterocycles. The lowest BCUT2D eigenvalue weighted by Gasteiger charge is -2.12. The molecule has 0 saturated heterocycles. The van der Waals surface area contributed by atoms with Gasteiger partial charge in [-0.05, 0) is 12.1 Å². The summed E-state index contributed by atoms with van der Waals surface area (Å²) in [6.45, 7) is 2.34. The summed E-state index contributed by atoms with van der Waals surface area (Å²) in [5.74, 6) is -1.50. The summed E-state index contributed by atoms with van der Waals surface area (Å²) in [5.41, 5.74) is 0. The maximum absolute atomic E-state index is 10.8. The van der Waals surface area contributed by atoms with Crippen LogP contribution in [-0.2, 0) is 21.0 Å². The van der Waals surface area contributed by atoms with E-state index in [-0.39, 0.29) is 17.2 Å². The van der Waals surface area contributed by atoms with Crippen LogP contribution < -0.4 is 13.7 Å². The van der Waals surface area contributed by atoms with E-state index in [2.05, 4.69) is 4.18 Å². The number of ether oxygens (including phenoxy) is 2. The Labute approximate surface area is 105 Å². The number of rotatable bonds is 4. The van der Waals surface area contributed by atoms with Crippen LogP contribution in [0.2, 0.25) is 0 Å². The van der Waals surface area contributed by atoms with Crippen molar-refractivity contribution in [1.82, 2.24) is 0 Å². The molecule has 7 nitrogen and oxygen atoms in total. The molecule has 0 aliphatic rings. The fourth-order valence-corrected chi connectivity index (χ4v) is 1.37. The van der Waals surface area contributed by atoms with E-state index < -0.39 is 23.3 Å². The molecule has 0 fully saturated rings. The van der Waals surface area contributed by atoms with Crippen molar-refractivity contribution in [2.45, 2.75) is 13.8 Å². The maximum Gasteiger partial charge on any atom is 0.308 e. The van der Waals surface area contributed by atoms with Gasteiger partial charge in [-0.2, -0.15) is 0 Å². The third kappa shape index (κ3) is 4.52. The number of carbonyl (C=O) groups is 2. The van der Waals surface area contributed by atoms with E-state index in [1.54, 1.807) is 0 Å². The van der Waals surface area contributed by atoms with Gasteiger partial charge in [0.1, 0.15) is 17.1 Å². The fraction of sp³-hybridized carbons (Fsp3) is 0.200. The fourth-order valence-electron chi connectivity index (χ4n) is 1.10. The molecule has 18 heavy (non-hydrogen) atoms. The summed E-state index contributed by atoms with van der Waals surface area (Å²) < 4.78 is 34.8. The zero-order valence-electron chi connectivity index (χ0n) is 9.50. The second-order valence-corrected chi connectivity index (χ2v) is 3.66. The maximum atomic E-state index is 10.8. The van der Waals surface area contributed by atoms with Gasteiger partial charge in [0.25, 0.3) is 0 Å².